The van der Waals surface area contributed by atoms with Crippen LogP contribution in [-0.2, 0) is 16.9 Å². The molecule has 2 saturated carbocycles. The van der Waals surface area contributed by atoms with E-state index in [1.807, 2.05) is 35.0 Å². The Hall–Kier alpha value is -2.43. The lowest BCUT2D eigenvalue weighted by Crippen LogP contribution is -2.45. The minimum absolute atomic E-state index is 0.158. The second-order valence-corrected chi connectivity index (χ2v) is 9.05. The first kappa shape index (κ1) is 18.6. The quantitative estimate of drug-likeness (QED) is 0.528. The highest BCUT2D eigenvalue weighted by molar-refractivity contribution is 14.1. The Morgan fingerprint density at radius 1 is 1.21 bits per heavy atom. The van der Waals surface area contributed by atoms with Crippen LogP contribution >= 0.6 is 22.6 Å². The molecular formula is C20H21IN6O2. The van der Waals surface area contributed by atoms with E-state index in [1.54, 1.807) is 0 Å². The van der Waals surface area contributed by atoms with E-state index >= 15 is 0 Å². The molecule has 3 aromatic rings. The summed E-state index contributed by atoms with van der Waals surface area (Å²) in [4.78, 5) is 21.0. The Morgan fingerprint density at radius 2 is 1.97 bits per heavy atom. The second-order valence-electron chi connectivity index (χ2n) is 8.03. The molecule has 150 valence electrons. The molecule has 2 aliphatic carbocycles. The third-order valence-corrected chi connectivity index (χ3v) is 7.04. The summed E-state index contributed by atoms with van der Waals surface area (Å²) in [5.74, 6) is 0.451. The zero-order valence-corrected chi connectivity index (χ0v) is 17.9. The van der Waals surface area contributed by atoms with Crippen LogP contribution in [0.5, 0.6) is 0 Å². The summed E-state index contributed by atoms with van der Waals surface area (Å²) < 4.78 is 8.28. The number of alkyl carbamates (subject to hydrolysis) is 1. The lowest BCUT2D eigenvalue weighted by molar-refractivity contribution is 0.126. The van der Waals surface area contributed by atoms with Crippen molar-refractivity contribution in [3.63, 3.8) is 0 Å². The van der Waals surface area contributed by atoms with Gasteiger partial charge in [0.25, 0.3) is 0 Å². The molecule has 0 saturated heterocycles. The highest BCUT2D eigenvalue weighted by Crippen LogP contribution is 2.55. The van der Waals surface area contributed by atoms with Crippen LogP contribution in [0, 0.1) is 3.70 Å². The summed E-state index contributed by atoms with van der Waals surface area (Å²) in [5.41, 5.74) is 7.39. The smallest absolute Gasteiger partial charge is 0.407 e. The van der Waals surface area contributed by atoms with E-state index in [4.69, 9.17) is 15.6 Å². The number of rotatable bonds is 4. The standard InChI is InChI=1S/C20H21IN6O2/c21-15-14-16(22)23-12-24-17(14)27(26-15)20-8-6-19(11-20,7-9-20)25-18(28)29-10-13-4-2-1-3-5-13/h1-5,12H,6-11H2,(H,25,28)(H2,22,23,24). The molecule has 0 aliphatic heterocycles. The van der Waals surface area contributed by atoms with E-state index in [0.717, 1.165) is 52.4 Å². The monoisotopic (exact) mass is 504 g/mol. The van der Waals surface area contributed by atoms with Gasteiger partial charge in [0, 0.05) is 5.54 Å². The molecule has 0 radical (unpaired) electrons. The predicted molar refractivity (Wildman–Crippen MR) is 116 cm³/mol. The number of ether oxygens (including phenoxy) is 1. The number of nitrogen functional groups attached to an aromatic ring is 1. The third kappa shape index (κ3) is 3.11. The van der Waals surface area contributed by atoms with Gasteiger partial charge in [-0.25, -0.2) is 19.4 Å². The maximum Gasteiger partial charge on any atom is 0.407 e. The first-order valence-corrected chi connectivity index (χ1v) is 10.7. The van der Waals surface area contributed by atoms with Crippen LogP contribution in [0.3, 0.4) is 0 Å². The maximum atomic E-state index is 12.5. The molecule has 1 amide bonds. The van der Waals surface area contributed by atoms with Gasteiger partial charge in [0.15, 0.2) is 5.65 Å². The average Bonchev–Trinajstić information content (AvgIpc) is 3.38. The van der Waals surface area contributed by atoms with Crippen LogP contribution in [0.2, 0.25) is 0 Å². The highest BCUT2D eigenvalue weighted by atomic mass is 127. The van der Waals surface area contributed by atoms with Gasteiger partial charge < -0.3 is 15.8 Å². The first-order chi connectivity index (χ1) is 14.0. The number of nitrogens with one attached hydrogen (secondary N) is 1. The lowest BCUT2D eigenvalue weighted by Gasteiger charge is -2.28. The fraction of sp³-hybridized carbons (Fsp3) is 0.400. The fourth-order valence-corrected chi connectivity index (χ4v) is 5.61. The summed E-state index contributed by atoms with van der Waals surface area (Å²) in [6.07, 6.45) is 5.59. The third-order valence-electron chi connectivity index (χ3n) is 6.29. The highest BCUT2D eigenvalue weighted by Gasteiger charge is 2.57. The van der Waals surface area contributed by atoms with Crippen molar-refractivity contribution in [1.82, 2.24) is 25.1 Å². The summed E-state index contributed by atoms with van der Waals surface area (Å²) in [6, 6.07) is 9.70. The van der Waals surface area contributed by atoms with Gasteiger partial charge >= 0.3 is 6.09 Å². The molecule has 1 aromatic carbocycles. The summed E-state index contributed by atoms with van der Waals surface area (Å²) >= 11 is 2.19. The first-order valence-electron chi connectivity index (χ1n) is 9.64. The van der Waals surface area contributed by atoms with Crippen LogP contribution in [0.4, 0.5) is 10.6 Å². The molecule has 2 bridgehead atoms. The van der Waals surface area contributed by atoms with Gasteiger partial charge in [0.1, 0.15) is 22.5 Å². The molecule has 2 aliphatic rings. The van der Waals surface area contributed by atoms with E-state index in [1.165, 1.54) is 6.33 Å². The van der Waals surface area contributed by atoms with Crippen molar-refractivity contribution in [2.45, 2.75) is 49.8 Å². The van der Waals surface area contributed by atoms with E-state index in [-0.39, 0.29) is 23.8 Å². The zero-order valence-electron chi connectivity index (χ0n) is 15.8. The Labute approximate surface area is 181 Å². The molecule has 2 aromatic heterocycles. The molecule has 2 heterocycles. The normalized spacial score (nSPS) is 25.4. The van der Waals surface area contributed by atoms with Crippen LogP contribution in [0.1, 0.15) is 37.7 Å². The predicted octanol–water partition coefficient (Wildman–Crippen LogP) is 3.35. The number of carbonyl (C=O) groups is 1. The van der Waals surface area contributed by atoms with Crippen molar-refractivity contribution in [2.24, 2.45) is 0 Å². The van der Waals surface area contributed by atoms with Crippen molar-refractivity contribution >= 4 is 45.5 Å². The Bertz CT molecular complexity index is 1080. The van der Waals surface area contributed by atoms with Gasteiger partial charge in [0.05, 0.1) is 10.9 Å². The van der Waals surface area contributed by atoms with Crippen LogP contribution in [0.25, 0.3) is 11.0 Å². The molecule has 3 N–H and O–H groups in total. The van der Waals surface area contributed by atoms with Crippen molar-refractivity contribution in [3.05, 3.63) is 45.9 Å². The van der Waals surface area contributed by atoms with Gasteiger partial charge in [-0.05, 0) is 60.3 Å². The van der Waals surface area contributed by atoms with Crippen molar-refractivity contribution in [1.29, 1.82) is 0 Å². The topological polar surface area (TPSA) is 108 Å². The van der Waals surface area contributed by atoms with Gasteiger partial charge in [-0.2, -0.15) is 5.10 Å². The number of halogens is 1. The van der Waals surface area contributed by atoms with Crippen LogP contribution < -0.4 is 11.1 Å². The van der Waals surface area contributed by atoms with E-state index < -0.39 is 0 Å². The Kier molecular flexibility index (Phi) is 4.37. The minimum atomic E-state index is -0.363. The number of benzene rings is 1. The summed E-state index contributed by atoms with van der Waals surface area (Å²) in [7, 11) is 0. The molecule has 9 heteroatoms. The second kappa shape index (κ2) is 6.82. The van der Waals surface area contributed by atoms with Gasteiger partial charge in [0.2, 0.25) is 0 Å². The zero-order chi connectivity index (χ0) is 20.1. The fourth-order valence-electron chi connectivity index (χ4n) is 4.87. The van der Waals surface area contributed by atoms with Crippen LogP contribution in [-0.4, -0.2) is 31.4 Å². The van der Waals surface area contributed by atoms with E-state index in [0.29, 0.717) is 5.82 Å². The van der Waals surface area contributed by atoms with Gasteiger partial charge in [-0.1, -0.05) is 30.3 Å². The number of aromatic nitrogens is 4. The van der Waals surface area contributed by atoms with Crippen molar-refractivity contribution in [3.8, 4) is 0 Å². The van der Waals surface area contributed by atoms with E-state index in [2.05, 4.69) is 37.9 Å². The number of amides is 1. The molecule has 29 heavy (non-hydrogen) atoms. The Morgan fingerprint density at radius 3 is 2.72 bits per heavy atom. The van der Waals surface area contributed by atoms with E-state index in [9.17, 15) is 4.79 Å². The molecule has 0 atom stereocenters. The SMILES string of the molecule is Nc1ncnc2c1c(I)nn2C12CCC(NC(=O)OCc3ccccc3)(CC1)C2. The largest absolute Gasteiger partial charge is 0.445 e. The van der Waals surface area contributed by atoms with Crippen molar-refractivity contribution in [2.75, 3.05) is 5.73 Å². The Balaban J connectivity index is 1.34. The number of hydrogen-bond donors (Lipinski definition) is 2. The number of anilines is 1. The molecule has 5 rings (SSSR count). The maximum absolute atomic E-state index is 12.5. The number of nitrogens with two attached hydrogens (primary N) is 1. The minimum Gasteiger partial charge on any atom is -0.445 e. The van der Waals surface area contributed by atoms with Crippen LogP contribution in [0.15, 0.2) is 36.7 Å². The van der Waals surface area contributed by atoms with Crippen molar-refractivity contribution < 1.29 is 9.53 Å². The molecular weight excluding hydrogens is 483 g/mol. The molecule has 2 fully saturated rings. The molecule has 0 spiro atoms. The average molecular weight is 504 g/mol. The molecule has 0 unspecified atom stereocenters. The summed E-state index contributed by atoms with van der Waals surface area (Å²) in [5, 5.41) is 8.73. The number of fused-ring (bicyclic) bond motifs is 3. The molecule has 8 nitrogen and oxygen atoms in total. The van der Waals surface area contributed by atoms with Gasteiger partial charge in [-0.15, -0.1) is 0 Å². The van der Waals surface area contributed by atoms with Gasteiger partial charge in [-0.3, -0.25) is 0 Å². The number of nitrogens with zero attached hydrogens (tertiary/aromatic N) is 4. The number of hydrogen-bond acceptors (Lipinski definition) is 6. The number of carbonyl (C=O) groups excluding carboxylic acids is 1. The lowest BCUT2D eigenvalue weighted by atomic mass is 9.91. The summed E-state index contributed by atoms with van der Waals surface area (Å²) in [6.45, 7) is 0.270.